The van der Waals surface area contributed by atoms with Crippen LogP contribution in [0.1, 0.15) is 50.2 Å². The van der Waals surface area contributed by atoms with Crippen LogP contribution in [0, 0.1) is 13.8 Å². The number of hydrogen-bond donors (Lipinski definition) is 4. The highest BCUT2D eigenvalue weighted by molar-refractivity contribution is 7.80. The standard InChI is InChI=1S/C18H26N4O3S/c1-4-5-6-15(23)20-18(26)22-21-17(25)10-9-16(24)19-14-8-7-12(2)13(3)11-14/h7-8,11H,4-6,9-10H2,1-3H3,(H,19,24)(H,21,25)(H2,20,22,23,26). The fourth-order valence-corrected chi connectivity index (χ4v) is 2.18. The van der Waals surface area contributed by atoms with Crippen LogP contribution in [0.5, 0.6) is 0 Å². The van der Waals surface area contributed by atoms with Crippen LogP contribution >= 0.6 is 12.2 Å². The predicted molar refractivity (Wildman–Crippen MR) is 105 cm³/mol. The summed E-state index contributed by atoms with van der Waals surface area (Å²) in [7, 11) is 0. The summed E-state index contributed by atoms with van der Waals surface area (Å²) < 4.78 is 0. The summed E-state index contributed by atoms with van der Waals surface area (Å²) in [6, 6.07) is 5.63. The Balaban J connectivity index is 2.26. The topological polar surface area (TPSA) is 99.3 Å². The van der Waals surface area contributed by atoms with Gasteiger partial charge in [-0.3, -0.25) is 25.2 Å². The van der Waals surface area contributed by atoms with Gasteiger partial charge in [0.2, 0.25) is 17.7 Å². The van der Waals surface area contributed by atoms with Gasteiger partial charge in [0.15, 0.2) is 5.11 Å². The van der Waals surface area contributed by atoms with Gasteiger partial charge in [-0.05, 0) is 55.7 Å². The third-order valence-corrected chi connectivity index (χ3v) is 3.90. The molecule has 0 heterocycles. The average Bonchev–Trinajstić information content (AvgIpc) is 2.59. The number of rotatable bonds is 7. The number of thiocarbonyl (C=S) groups is 1. The molecule has 0 saturated heterocycles. The molecule has 1 aromatic carbocycles. The second-order valence-electron chi connectivity index (χ2n) is 6.00. The highest BCUT2D eigenvalue weighted by Crippen LogP contribution is 2.14. The lowest BCUT2D eigenvalue weighted by atomic mass is 10.1. The molecule has 0 aliphatic carbocycles. The molecule has 7 nitrogen and oxygen atoms in total. The van der Waals surface area contributed by atoms with E-state index in [0.29, 0.717) is 12.1 Å². The normalized spacial score (nSPS) is 9.96. The van der Waals surface area contributed by atoms with E-state index in [9.17, 15) is 14.4 Å². The van der Waals surface area contributed by atoms with Crippen LogP contribution in [0.15, 0.2) is 18.2 Å². The second-order valence-corrected chi connectivity index (χ2v) is 6.41. The summed E-state index contributed by atoms with van der Waals surface area (Å²) in [4.78, 5) is 35.1. The summed E-state index contributed by atoms with van der Waals surface area (Å²) in [6.45, 7) is 5.95. The smallest absolute Gasteiger partial charge is 0.238 e. The van der Waals surface area contributed by atoms with Crippen molar-refractivity contribution in [3.63, 3.8) is 0 Å². The zero-order valence-corrected chi connectivity index (χ0v) is 16.2. The SMILES string of the molecule is CCCCC(=O)NC(=S)NNC(=O)CCC(=O)Nc1ccc(C)c(C)c1. The molecule has 26 heavy (non-hydrogen) atoms. The van der Waals surface area contributed by atoms with E-state index in [2.05, 4.69) is 21.5 Å². The molecule has 4 N–H and O–H groups in total. The number of hydrogen-bond acceptors (Lipinski definition) is 4. The van der Waals surface area contributed by atoms with Crippen molar-refractivity contribution in [3.05, 3.63) is 29.3 Å². The van der Waals surface area contributed by atoms with Crippen LogP contribution in [0.4, 0.5) is 5.69 Å². The Kier molecular flexibility index (Phi) is 9.29. The van der Waals surface area contributed by atoms with E-state index in [4.69, 9.17) is 12.2 Å². The van der Waals surface area contributed by atoms with Crippen LogP contribution < -0.4 is 21.5 Å². The maximum atomic E-state index is 11.9. The van der Waals surface area contributed by atoms with Gasteiger partial charge in [0.05, 0.1) is 0 Å². The largest absolute Gasteiger partial charge is 0.326 e. The minimum Gasteiger partial charge on any atom is -0.326 e. The van der Waals surface area contributed by atoms with Crippen molar-refractivity contribution in [1.82, 2.24) is 16.2 Å². The number of carbonyl (C=O) groups is 3. The van der Waals surface area contributed by atoms with Gasteiger partial charge in [0.1, 0.15) is 0 Å². The Bertz CT molecular complexity index is 676. The quantitative estimate of drug-likeness (QED) is 0.431. The molecule has 0 aliphatic heterocycles. The number of hydrazine groups is 1. The first-order valence-electron chi connectivity index (χ1n) is 8.57. The van der Waals surface area contributed by atoms with Crippen molar-refractivity contribution in [2.45, 2.75) is 52.9 Å². The Labute approximate surface area is 159 Å². The van der Waals surface area contributed by atoms with Crippen molar-refractivity contribution < 1.29 is 14.4 Å². The summed E-state index contributed by atoms with van der Waals surface area (Å²) in [5.41, 5.74) is 7.73. The van der Waals surface area contributed by atoms with Gasteiger partial charge in [-0.2, -0.15) is 0 Å². The van der Waals surface area contributed by atoms with Gasteiger partial charge in [-0.25, -0.2) is 0 Å². The average molecular weight is 378 g/mol. The highest BCUT2D eigenvalue weighted by Gasteiger charge is 2.09. The lowest BCUT2D eigenvalue weighted by Crippen LogP contribution is -2.48. The van der Waals surface area contributed by atoms with E-state index in [0.717, 1.165) is 24.0 Å². The van der Waals surface area contributed by atoms with Crippen LogP contribution in [0.2, 0.25) is 0 Å². The van der Waals surface area contributed by atoms with Crippen molar-refractivity contribution in [2.24, 2.45) is 0 Å². The summed E-state index contributed by atoms with van der Waals surface area (Å²) >= 11 is 4.91. The molecule has 0 aromatic heterocycles. The lowest BCUT2D eigenvalue weighted by Gasteiger charge is -2.11. The first-order valence-corrected chi connectivity index (χ1v) is 8.98. The van der Waals surface area contributed by atoms with Crippen molar-refractivity contribution in [1.29, 1.82) is 0 Å². The van der Waals surface area contributed by atoms with E-state index < -0.39 is 5.91 Å². The molecule has 0 bridgehead atoms. The maximum absolute atomic E-state index is 11.9. The van der Waals surface area contributed by atoms with Gasteiger partial charge < -0.3 is 10.6 Å². The third kappa shape index (κ3) is 8.57. The van der Waals surface area contributed by atoms with Crippen LogP contribution in [-0.4, -0.2) is 22.8 Å². The van der Waals surface area contributed by atoms with Crippen LogP contribution in [0.25, 0.3) is 0 Å². The van der Waals surface area contributed by atoms with E-state index >= 15 is 0 Å². The number of unbranched alkanes of at least 4 members (excludes halogenated alkanes) is 1. The number of benzene rings is 1. The number of nitrogens with one attached hydrogen (secondary N) is 4. The number of amides is 3. The minimum absolute atomic E-state index is 0.00390. The summed E-state index contributed by atoms with van der Waals surface area (Å²) in [5.74, 6) is -0.851. The van der Waals surface area contributed by atoms with E-state index in [-0.39, 0.29) is 29.8 Å². The summed E-state index contributed by atoms with van der Waals surface area (Å²) in [5, 5.41) is 5.25. The Morgan fingerprint density at radius 3 is 2.27 bits per heavy atom. The first kappa shape index (κ1) is 21.6. The lowest BCUT2D eigenvalue weighted by molar-refractivity contribution is -0.124. The van der Waals surface area contributed by atoms with Gasteiger partial charge in [-0.1, -0.05) is 19.4 Å². The Hall–Kier alpha value is -2.48. The monoisotopic (exact) mass is 378 g/mol. The van der Waals surface area contributed by atoms with Crippen molar-refractivity contribution >= 4 is 40.7 Å². The van der Waals surface area contributed by atoms with Gasteiger partial charge in [0.25, 0.3) is 0 Å². The molecule has 0 saturated carbocycles. The molecule has 0 unspecified atom stereocenters. The second kappa shape index (κ2) is 11.2. The fraction of sp³-hybridized carbons (Fsp3) is 0.444. The maximum Gasteiger partial charge on any atom is 0.238 e. The molecule has 1 rings (SSSR count). The molecular weight excluding hydrogens is 352 g/mol. The fourth-order valence-electron chi connectivity index (χ4n) is 2.02. The Morgan fingerprint density at radius 2 is 1.62 bits per heavy atom. The van der Waals surface area contributed by atoms with E-state index in [1.807, 2.05) is 39.0 Å². The zero-order chi connectivity index (χ0) is 19.5. The molecule has 0 spiro atoms. The van der Waals surface area contributed by atoms with Crippen molar-refractivity contribution in [3.8, 4) is 0 Å². The Morgan fingerprint density at radius 1 is 0.923 bits per heavy atom. The molecule has 1 aromatic rings. The molecule has 0 radical (unpaired) electrons. The van der Waals surface area contributed by atoms with Crippen LogP contribution in [-0.2, 0) is 14.4 Å². The third-order valence-electron chi connectivity index (χ3n) is 3.70. The van der Waals surface area contributed by atoms with E-state index in [1.54, 1.807) is 0 Å². The molecular formula is C18H26N4O3S. The minimum atomic E-state index is -0.398. The summed E-state index contributed by atoms with van der Waals surface area (Å²) in [6.07, 6.45) is 2.10. The zero-order valence-electron chi connectivity index (χ0n) is 15.4. The van der Waals surface area contributed by atoms with Crippen molar-refractivity contribution in [2.75, 3.05) is 5.32 Å². The highest BCUT2D eigenvalue weighted by atomic mass is 32.1. The number of carbonyl (C=O) groups excluding carboxylic acids is 3. The van der Waals surface area contributed by atoms with Gasteiger partial charge >= 0.3 is 0 Å². The molecule has 142 valence electrons. The van der Waals surface area contributed by atoms with E-state index in [1.165, 1.54) is 0 Å². The molecule has 0 atom stereocenters. The molecule has 8 heteroatoms. The van der Waals surface area contributed by atoms with Gasteiger partial charge in [-0.15, -0.1) is 0 Å². The van der Waals surface area contributed by atoms with Crippen LogP contribution in [0.3, 0.4) is 0 Å². The number of anilines is 1. The van der Waals surface area contributed by atoms with Gasteiger partial charge in [0, 0.05) is 24.9 Å². The molecule has 0 aliphatic rings. The predicted octanol–water partition coefficient (Wildman–Crippen LogP) is 2.23. The molecule has 3 amide bonds. The number of aryl methyl sites for hydroxylation is 2. The molecule has 0 fully saturated rings. The first-order chi connectivity index (χ1) is 12.3.